The molecule has 0 aromatic carbocycles. The van der Waals surface area contributed by atoms with Gasteiger partial charge in [-0.2, -0.15) is 0 Å². The summed E-state index contributed by atoms with van der Waals surface area (Å²) < 4.78 is 11.0. The molecule has 1 aliphatic rings. The smallest absolute Gasteiger partial charge is 0.333 e. The minimum Gasteiger partial charge on any atom is -0.379 e. The van der Waals surface area contributed by atoms with Crippen LogP contribution in [0.5, 0.6) is 0 Å². The van der Waals surface area contributed by atoms with Crippen LogP contribution < -0.4 is 5.32 Å². The van der Waals surface area contributed by atoms with Gasteiger partial charge >= 0.3 is 5.97 Å². The van der Waals surface area contributed by atoms with E-state index in [0.29, 0.717) is 37.5 Å². The minimum absolute atomic E-state index is 0.0545. The molecule has 0 atom stereocenters. The van der Waals surface area contributed by atoms with Crippen molar-refractivity contribution in [3.05, 3.63) is 0 Å². The summed E-state index contributed by atoms with van der Waals surface area (Å²) in [5.74, 6) is -1.87. The van der Waals surface area contributed by atoms with Gasteiger partial charge in [0.25, 0.3) is 17.7 Å². The molecular formula is C19H32N2O7. The molecule has 0 aromatic heterocycles. The van der Waals surface area contributed by atoms with Gasteiger partial charge in [-0.25, -0.2) is 4.79 Å². The molecule has 3 amide bonds. The molecule has 0 saturated carbocycles. The molecule has 0 aromatic rings. The molecule has 0 aliphatic carbocycles. The molecule has 9 heteroatoms. The number of nitrogens with zero attached hydrogens (tertiary/aromatic N) is 1. The fourth-order valence-corrected chi connectivity index (χ4v) is 2.33. The first-order valence-corrected chi connectivity index (χ1v) is 9.52. The Bertz CT molecular complexity index is 571. The topological polar surface area (TPSA) is 111 Å². The van der Waals surface area contributed by atoms with E-state index in [4.69, 9.17) is 14.3 Å². The van der Waals surface area contributed by atoms with Gasteiger partial charge in [-0.1, -0.05) is 0 Å². The van der Waals surface area contributed by atoms with E-state index >= 15 is 0 Å². The van der Waals surface area contributed by atoms with Crippen molar-refractivity contribution in [3.8, 4) is 0 Å². The highest BCUT2D eigenvalue weighted by Crippen LogP contribution is 2.17. The van der Waals surface area contributed by atoms with Crippen LogP contribution in [0, 0.1) is 0 Å². The number of amides is 3. The molecule has 1 heterocycles. The van der Waals surface area contributed by atoms with Gasteiger partial charge in [-0.3, -0.25) is 14.4 Å². The van der Waals surface area contributed by atoms with Crippen molar-refractivity contribution in [3.63, 3.8) is 0 Å². The van der Waals surface area contributed by atoms with Crippen LogP contribution in [-0.4, -0.2) is 60.2 Å². The summed E-state index contributed by atoms with van der Waals surface area (Å²) in [5, 5.41) is 3.32. The van der Waals surface area contributed by atoms with E-state index < -0.39 is 23.4 Å². The van der Waals surface area contributed by atoms with Gasteiger partial charge in [-0.05, 0) is 47.0 Å². The highest BCUT2D eigenvalue weighted by molar-refractivity contribution is 6.01. The molecule has 28 heavy (non-hydrogen) atoms. The van der Waals surface area contributed by atoms with Crippen molar-refractivity contribution in [2.75, 3.05) is 20.3 Å². The second-order valence-corrected chi connectivity index (χ2v) is 7.83. The van der Waals surface area contributed by atoms with Gasteiger partial charge in [0.15, 0.2) is 0 Å². The first-order chi connectivity index (χ1) is 13.0. The van der Waals surface area contributed by atoms with E-state index in [1.54, 1.807) is 21.0 Å². The molecule has 160 valence electrons. The number of hydrogen-bond acceptors (Lipinski definition) is 7. The summed E-state index contributed by atoms with van der Waals surface area (Å²) in [5.41, 5.74) is -1.29. The first-order valence-electron chi connectivity index (χ1n) is 9.52. The summed E-state index contributed by atoms with van der Waals surface area (Å²) in [4.78, 5) is 51.5. The number of nitrogens with one attached hydrogen (secondary N) is 1. The maximum atomic E-state index is 12.2. The molecule has 0 spiro atoms. The Morgan fingerprint density at radius 3 is 2.25 bits per heavy atom. The van der Waals surface area contributed by atoms with Crippen LogP contribution in [0.15, 0.2) is 0 Å². The Morgan fingerprint density at radius 2 is 1.68 bits per heavy atom. The highest BCUT2D eigenvalue weighted by atomic mass is 16.7. The minimum atomic E-state index is -0.973. The molecule has 1 fully saturated rings. The third-order valence-electron chi connectivity index (χ3n) is 4.56. The number of rotatable bonds is 12. The Hall–Kier alpha value is -2.00. The van der Waals surface area contributed by atoms with Crippen LogP contribution in [0.3, 0.4) is 0 Å². The van der Waals surface area contributed by atoms with Crippen molar-refractivity contribution < 1.29 is 33.5 Å². The van der Waals surface area contributed by atoms with Crippen molar-refractivity contribution in [1.29, 1.82) is 0 Å². The Balaban J connectivity index is 2.20. The average molecular weight is 400 g/mol. The van der Waals surface area contributed by atoms with Crippen molar-refractivity contribution in [1.82, 2.24) is 10.4 Å². The fraction of sp³-hybridized carbons (Fsp3) is 0.789. The van der Waals surface area contributed by atoms with Gasteiger partial charge in [0.05, 0.1) is 12.2 Å². The predicted octanol–water partition coefficient (Wildman–Crippen LogP) is 1.49. The summed E-state index contributed by atoms with van der Waals surface area (Å²) in [6.45, 7) is 8.06. The Labute approximate surface area is 166 Å². The molecule has 1 rings (SSSR count). The van der Waals surface area contributed by atoms with Crippen LogP contribution in [0.4, 0.5) is 0 Å². The summed E-state index contributed by atoms with van der Waals surface area (Å²) in [7, 11) is 1.63. The third-order valence-corrected chi connectivity index (χ3v) is 4.56. The van der Waals surface area contributed by atoms with Crippen LogP contribution in [-0.2, 0) is 33.5 Å². The molecule has 1 N–H and O–H groups in total. The van der Waals surface area contributed by atoms with Gasteiger partial charge in [0.2, 0.25) is 0 Å². The van der Waals surface area contributed by atoms with Crippen LogP contribution in [0.25, 0.3) is 0 Å². The molecular weight excluding hydrogens is 368 g/mol. The number of hydrogen-bond donors (Lipinski definition) is 1. The predicted molar refractivity (Wildman–Crippen MR) is 99.8 cm³/mol. The fourth-order valence-electron chi connectivity index (χ4n) is 2.33. The van der Waals surface area contributed by atoms with E-state index in [1.807, 2.05) is 13.8 Å². The standard InChI is InChI=1S/C19H32N2O7/c1-18(2,26-5)11-13-27-19(3,4)17(25)20-12-7-6-8-16(24)28-21-14(22)9-10-15(21)23/h6-13H2,1-5H3,(H,20,25). The largest absolute Gasteiger partial charge is 0.379 e. The quantitative estimate of drug-likeness (QED) is 0.390. The lowest BCUT2D eigenvalue weighted by Gasteiger charge is -2.28. The summed E-state index contributed by atoms with van der Waals surface area (Å²) in [6.07, 6.45) is 1.86. The molecule has 0 bridgehead atoms. The molecule has 1 aliphatic heterocycles. The zero-order valence-corrected chi connectivity index (χ0v) is 17.5. The lowest BCUT2D eigenvalue weighted by Crippen LogP contribution is -2.45. The monoisotopic (exact) mass is 400 g/mol. The lowest BCUT2D eigenvalue weighted by molar-refractivity contribution is -0.197. The highest BCUT2D eigenvalue weighted by Gasteiger charge is 2.32. The third kappa shape index (κ3) is 7.93. The van der Waals surface area contributed by atoms with Gasteiger partial charge in [0, 0.05) is 32.9 Å². The lowest BCUT2D eigenvalue weighted by atomic mass is 10.1. The molecule has 1 saturated heterocycles. The Morgan fingerprint density at radius 1 is 1.07 bits per heavy atom. The first kappa shape index (κ1) is 24.0. The molecule has 9 nitrogen and oxygen atoms in total. The van der Waals surface area contributed by atoms with Crippen LogP contribution in [0.1, 0.15) is 66.2 Å². The van der Waals surface area contributed by atoms with E-state index in [1.165, 1.54) is 0 Å². The van der Waals surface area contributed by atoms with E-state index in [0.717, 1.165) is 0 Å². The van der Waals surface area contributed by atoms with Gasteiger partial charge in [0.1, 0.15) is 5.60 Å². The number of carbonyl (C=O) groups excluding carboxylic acids is 4. The normalized spacial score (nSPS) is 15.1. The zero-order valence-electron chi connectivity index (χ0n) is 17.5. The van der Waals surface area contributed by atoms with E-state index in [2.05, 4.69) is 5.32 Å². The molecule has 0 radical (unpaired) electrons. The van der Waals surface area contributed by atoms with Crippen LogP contribution >= 0.6 is 0 Å². The summed E-state index contributed by atoms with van der Waals surface area (Å²) >= 11 is 0. The average Bonchev–Trinajstić information content (AvgIpc) is 2.92. The SMILES string of the molecule is COC(C)(C)CCOC(C)(C)C(=O)NCCCCC(=O)ON1C(=O)CCC1=O. The zero-order chi connectivity index (χ0) is 21.4. The number of hydroxylamine groups is 2. The van der Waals surface area contributed by atoms with Crippen LogP contribution in [0.2, 0.25) is 0 Å². The summed E-state index contributed by atoms with van der Waals surface area (Å²) in [6, 6.07) is 0. The van der Waals surface area contributed by atoms with Gasteiger partial charge < -0.3 is 19.6 Å². The number of carbonyl (C=O) groups is 4. The Kier molecular flexibility index (Phi) is 9.03. The van der Waals surface area contributed by atoms with Crippen molar-refractivity contribution in [2.45, 2.75) is 77.4 Å². The van der Waals surface area contributed by atoms with E-state index in [9.17, 15) is 19.2 Å². The number of ether oxygens (including phenoxy) is 2. The van der Waals surface area contributed by atoms with Crippen molar-refractivity contribution >= 4 is 23.7 Å². The maximum Gasteiger partial charge on any atom is 0.333 e. The van der Waals surface area contributed by atoms with Gasteiger partial charge in [-0.15, -0.1) is 5.06 Å². The number of imide groups is 1. The number of methoxy groups -OCH3 is 1. The maximum absolute atomic E-state index is 12.2. The second kappa shape index (κ2) is 10.5. The second-order valence-electron chi connectivity index (χ2n) is 7.83. The molecule has 0 unspecified atom stereocenters. The number of unbranched alkanes of at least 4 members (excludes halogenated alkanes) is 1. The van der Waals surface area contributed by atoms with E-state index in [-0.39, 0.29) is 30.8 Å². The van der Waals surface area contributed by atoms with Crippen molar-refractivity contribution in [2.24, 2.45) is 0 Å².